The summed E-state index contributed by atoms with van der Waals surface area (Å²) in [6.07, 6.45) is 1.16. The van der Waals surface area contributed by atoms with Crippen molar-refractivity contribution in [2.24, 2.45) is 11.8 Å². The van der Waals surface area contributed by atoms with E-state index in [0.29, 0.717) is 12.3 Å². The maximum Gasteiger partial charge on any atom is 0.240 e. The van der Waals surface area contributed by atoms with Gasteiger partial charge >= 0.3 is 0 Å². The molecule has 0 saturated heterocycles. The molecule has 1 rings (SSSR count). The monoisotopic (exact) mass is 289 g/mol. The summed E-state index contributed by atoms with van der Waals surface area (Å²) in [4.78, 5) is 13.7. The highest BCUT2D eigenvalue weighted by molar-refractivity contribution is 5.77. The molecule has 0 fully saturated rings. The van der Waals surface area contributed by atoms with Crippen LogP contribution in [0, 0.1) is 5.92 Å². The highest BCUT2D eigenvalue weighted by Gasteiger charge is 2.08. The van der Waals surface area contributed by atoms with E-state index in [1.165, 1.54) is 5.56 Å². The molecule has 0 unspecified atom stereocenters. The highest BCUT2D eigenvalue weighted by atomic mass is 16.2. The zero-order valence-electron chi connectivity index (χ0n) is 13.6. The Bertz CT molecular complexity index is 477. The van der Waals surface area contributed by atoms with Gasteiger partial charge < -0.3 is 4.90 Å². The average Bonchev–Trinajstić information content (AvgIpc) is 2.39. The number of carbonyl (C=O) groups is 1. The van der Waals surface area contributed by atoms with E-state index < -0.39 is 0 Å². The SMILES string of the molecule is C=C(Cc1ccc(CC(=O)N(C)N)cc1)N(C)CC(C)C. The van der Waals surface area contributed by atoms with Gasteiger partial charge in [-0.25, -0.2) is 5.84 Å². The molecule has 4 heteroatoms. The van der Waals surface area contributed by atoms with E-state index in [4.69, 9.17) is 5.84 Å². The molecule has 0 aliphatic heterocycles. The number of likely N-dealkylation sites (N-methyl/N-ethyl adjacent to an activating group) is 2. The van der Waals surface area contributed by atoms with Gasteiger partial charge in [0.1, 0.15) is 0 Å². The lowest BCUT2D eigenvalue weighted by Gasteiger charge is -2.23. The van der Waals surface area contributed by atoms with E-state index in [-0.39, 0.29) is 5.91 Å². The molecule has 0 bridgehead atoms. The molecule has 1 aromatic carbocycles. The van der Waals surface area contributed by atoms with Crippen LogP contribution in [0.2, 0.25) is 0 Å². The van der Waals surface area contributed by atoms with E-state index in [1.54, 1.807) is 7.05 Å². The third-order valence-electron chi connectivity index (χ3n) is 3.36. The highest BCUT2D eigenvalue weighted by Crippen LogP contribution is 2.13. The van der Waals surface area contributed by atoms with Crippen LogP contribution in [0.15, 0.2) is 36.5 Å². The summed E-state index contributed by atoms with van der Waals surface area (Å²) in [6, 6.07) is 8.06. The van der Waals surface area contributed by atoms with Crippen LogP contribution >= 0.6 is 0 Å². The van der Waals surface area contributed by atoms with Crippen molar-refractivity contribution in [2.45, 2.75) is 26.7 Å². The van der Waals surface area contributed by atoms with Crippen molar-refractivity contribution < 1.29 is 4.79 Å². The van der Waals surface area contributed by atoms with Crippen LogP contribution in [0.5, 0.6) is 0 Å². The zero-order valence-corrected chi connectivity index (χ0v) is 13.6. The van der Waals surface area contributed by atoms with Crippen molar-refractivity contribution in [3.8, 4) is 0 Å². The lowest BCUT2D eigenvalue weighted by atomic mass is 10.0. The van der Waals surface area contributed by atoms with Gasteiger partial charge in [-0.15, -0.1) is 0 Å². The van der Waals surface area contributed by atoms with Crippen molar-refractivity contribution >= 4 is 5.91 Å². The van der Waals surface area contributed by atoms with E-state index in [2.05, 4.69) is 32.4 Å². The standard InChI is InChI=1S/C17H27N3O/c1-13(2)12-19(4)14(3)10-15-6-8-16(9-7-15)11-17(21)20(5)18/h6-9,13H,3,10-12,18H2,1-2,4-5H3. The largest absolute Gasteiger partial charge is 0.378 e. The number of allylic oxidation sites excluding steroid dienone is 1. The number of rotatable bonds is 7. The molecule has 0 saturated carbocycles. The van der Waals surface area contributed by atoms with Crippen LogP contribution < -0.4 is 5.84 Å². The Morgan fingerprint density at radius 3 is 2.05 bits per heavy atom. The van der Waals surface area contributed by atoms with Crippen LogP contribution in [0.3, 0.4) is 0 Å². The number of hydrazine groups is 1. The van der Waals surface area contributed by atoms with Gasteiger partial charge in [0.05, 0.1) is 6.42 Å². The fourth-order valence-corrected chi connectivity index (χ4v) is 2.12. The summed E-state index contributed by atoms with van der Waals surface area (Å²) in [7, 11) is 3.64. The third-order valence-corrected chi connectivity index (χ3v) is 3.36. The van der Waals surface area contributed by atoms with E-state index in [9.17, 15) is 4.79 Å². The summed E-state index contributed by atoms with van der Waals surface area (Å²) in [5.41, 5.74) is 3.28. The third kappa shape index (κ3) is 6.00. The molecule has 2 N–H and O–H groups in total. The van der Waals surface area contributed by atoms with Crippen LogP contribution in [-0.2, 0) is 17.6 Å². The predicted molar refractivity (Wildman–Crippen MR) is 87.4 cm³/mol. The number of nitrogens with zero attached hydrogens (tertiary/aromatic N) is 2. The Kier molecular flexibility index (Phi) is 6.43. The molecule has 0 aliphatic rings. The molecule has 0 spiro atoms. The number of hydrogen-bond donors (Lipinski definition) is 1. The normalized spacial score (nSPS) is 10.6. The van der Waals surface area contributed by atoms with Gasteiger partial charge in [0.15, 0.2) is 0 Å². The number of carbonyl (C=O) groups excluding carboxylic acids is 1. The molecule has 0 radical (unpaired) electrons. The van der Waals surface area contributed by atoms with E-state index in [1.807, 2.05) is 24.3 Å². The summed E-state index contributed by atoms with van der Waals surface area (Å²) < 4.78 is 0. The Hall–Kier alpha value is -1.81. The molecular weight excluding hydrogens is 262 g/mol. The predicted octanol–water partition coefficient (Wildman–Crippen LogP) is 2.21. The second kappa shape index (κ2) is 7.84. The van der Waals surface area contributed by atoms with E-state index in [0.717, 1.165) is 29.2 Å². The fraction of sp³-hybridized carbons (Fsp3) is 0.471. The first-order valence-corrected chi connectivity index (χ1v) is 7.27. The second-order valence-electron chi connectivity index (χ2n) is 6.02. The fourth-order valence-electron chi connectivity index (χ4n) is 2.12. The zero-order chi connectivity index (χ0) is 16.0. The van der Waals surface area contributed by atoms with Gasteiger partial charge in [-0.1, -0.05) is 44.7 Å². The van der Waals surface area contributed by atoms with Crippen molar-refractivity contribution in [1.29, 1.82) is 0 Å². The molecular formula is C17H27N3O. The summed E-state index contributed by atoms with van der Waals surface area (Å²) in [5, 5.41) is 1.12. The summed E-state index contributed by atoms with van der Waals surface area (Å²) >= 11 is 0. The molecule has 4 nitrogen and oxygen atoms in total. The minimum atomic E-state index is -0.0937. The maximum atomic E-state index is 11.5. The molecule has 1 amide bonds. The Labute approximate surface area is 128 Å². The number of benzene rings is 1. The lowest BCUT2D eigenvalue weighted by molar-refractivity contribution is -0.129. The van der Waals surface area contributed by atoms with Crippen molar-refractivity contribution in [2.75, 3.05) is 20.6 Å². The van der Waals surface area contributed by atoms with Gasteiger partial charge in [0, 0.05) is 32.8 Å². The molecule has 21 heavy (non-hydrogen) atoms. The maximum absolute atomic E-state index is 11.5. The first-order valence-electron chi connectivity index (χ1n) is 7.27. The minimum Gasteiger partial charge on any atom is -0.378 e. The molecule has 0 atom stereocenters. The molecule has 0 heterocycles. The molecule has 1 aromatic rings. The Balaban J connectivity index is 2.58. The average molecular weight is 289 g/mol. The second-order valence-corrected chi connectivity index (χ2v) is 6.02. The summed E-state index contributed by atoms with van der Waals surface area (Å²) in [6.45, 7) is 9.55. The Morgan fingerprint density at radius 2 is 1.62 bits per heavy atom. The number of nitrogens with two attached hydrogens (primary N) is 1. The molecule has 0 aliphatic carbocycles. The topological polar surface area (TPSA) is 49.6 Å². The van der Waals surface area contributed by atoms with E-state index >= 15 is 0 Å². The van der Waals surface area contributed by atoms with Gasteiger partial charge in [0.25, 0.3) is 0 Å². The Morgan fingerprint density at radius 1 is 1.14 bits per heavy atom. The van der Waals surface area contributed by atoms with Crippen molar-refractivity contribution in [1.82, 2.24) is 9.91 Å². The quantitative estimate of drug-likeness (QED) is 0.475. The van der Waals surface area contributed by atoms with Crippen LogP contribution in [0.4, 0.5) is 0 Å². The van der Waals surface area contributed by atoms with Crippen LogP contribution in [0.1, 0.15) is 25.0 Å². The van der Waals surface area contributed by atoms with Crippen LogP contribution in [-0.4, -0.2) is 36.5 Å². The number of amides is 1. The van der Waals surface area contributed by atoms with Gasteiger partial charge in [-0.05, 0) is 17.0 Å². The molecule has 0 aromatic heterocycles. The molecule has 116 valence electrons. The minimum absolute atomic E-state index is 0.0937. The summed E-state index contributed by atoms with van der Waals surface area (Å²) in [5.74, 6) is 5.94. The van der Waals surface area contributed by atoms with Gasteiger partial charge in [-0.3, -0.25) is 9.80 Å². The first kappa shape index (κ1) is 17.2. The smallest absolute Gasteiger partial charge is 0.240 e. The first-order chi connectivity index (χ1) is 9.79. The number of hydrogen-bond acceptors (Lipinski definition) is 3. The lowest BCUT2D eigenvalue weighted by Crippen LogP contribution is -2.34. The van der Waals surface area contributed by atoms with Crippen molar-refractivity contribution in [3.63, 3.8) is 0 Å². The van der Waals surface area contributed by atoms with Crippen molar-refractivity contribution in [3.05, 3.63) is 47.7 Å². The van der Waals surface area contributed by atoms with Gasteiger partial charge in [-0.2, -0.15) is 0 Å². The van der Waals surface area contributed by atoms with Gasteiger partial charge in [0.2, 0.25) is 5.91 Å². The van der Waals surface area contributed by atoms with Crippen LogP contribution in [0.25, 0.3) is 0 Å².